The van der Waals surface area contributed by atoms with Gasteiger partial charge >= 0.3 is 0 Å². The number of aromatic nitrogens is 2. The Hall–Kier alpha value is -3.36. The number of hydrogen-bond donors (Lipinski definition) is 3. The maximum atomic E-state index is 12.7. The van der Waals surface area contributed by atoms with E-state index in [1.54, 1.807) is 13.2 Å². The summed E-state index contributed by atoms with van der Waals surface area (Å²) in [5.41, 5.74) is 10.8. The van der Waals surface area contributed by atoms with Crippen LogP contribution in [0.5, 0.6) is 0 Å². The van der Waals surface area contributed by atoms with Gasteiger partial charge in [0.05, 0.1) is 25.0 Å². The van der Waals surface area contributed by atoms with E-state index in [9.17, 15) is 9.90 Å². The van der Waals surface area contributed by atoms with Gasteiger partial charge in [-0.1, -0.05) is 12.1 Å². The molecule has 1 aliphatic rings. The number of aliphatic hydroxyl groups excluding tert-OH is 1. The predicted molar refractivity (Wildman–Crippen MR) is 123 cm³/mol. The second-order valence-electron chi connectivity index (χ2n) is 7.70. The van der Waals surface area contributed by atoms with Gasteiger partial charge < -0.3 is 30.4 Å². The minimum Gasteiger partial charge on any atom is -0.398 e. The number of nitrogen functional groups attached to an aromatic ring is 1. The number of hydrogen-bond acceptors (Lipinski definition) is 7. The highest BCUT2D eigenvalue weighted by Crippen LogP contribution is 2.26. The van der Waals surface area contributed by atoms with Gasteiger partial charge in [-0.2, -0.15) is 0 Å². The number of ether oxygens (including phenoxy) is 1. The first kappa shape index (κ1) is 20.9. The molecule has 3 aromatic rings. The molecule has 1 atom stereocenters. The highest BCUT2D eigenvalue weighted by molar-refractivity contribution is 5.71. The van der Waals surface area contributed by atoms with E-state index in [-0.39, 0.29) is 24.1 Å². The number of anilines is 4. The fraction of sp³-hybridized carbons (Fsp3) is 0.304. The summed E-state index contributed by atoms with van der Waals surface area (Å²) >= 11 is 0. The molecule has 0 saturated carbocycles. The summed E-state index contributed by atoms with van der Waals surface area (Å²) in [7, 11) is 1.71. The van der Waals surface area contributed by atoms with E-state index in [0.717, 1.165) is 29.0 Å². The normalized spacial score (nSPS) is 16.4. The van der Waals surface area contributed by atoms with Crippen LogP contribution in [0.4, 0.5) is 22.9 Å². The Kier molecular flexibility index (Phi) is 5.92. The van der Waals surface area contributed by atoms with Gasteiger partial charge in [0.25, 0.3) is 5.56 Å². The summed E-state index contributed by atoms with van der Waals surface area (Å²) in [6.07, 6.45) is 1.55. The smallest absolute Gasteiger partial charge is 0.293 e. The van der Waals surface area contributed by atoms with Crippen molar-refractivity contribution in [1.82, 2.24) is 9.55 Å². The van der Waals surface area contributed by atoms with Crippen LogP contribution in [0.1, 0.15) is 5.56 Å². The van der Waals surface area contributed by atoms with Crippen molar-refractivity contribution < 1.29 is 9.84 Å². The number of aryl methyl sites for hydroxylation is 1. The van der Waals surface area contributed by atoms with Gasteiger partial charge in [-0.25, -0.2) is 4.98 Å². The lowest BCUT2D eigenvalue weighted by Gasteiger charge is -2.33. The van der Waals surface area contributed by atoms with E-state index < -0.39 is 0 Å². The number of rotatable bonds is 5. The van der Waals surface area contributed by atoms with Crippen molar-refractivity contribution in [1.29, 1.82) is 0 Å². The number of nitrogens with two attached hydrogens (primary N) is 1. The predicted octanol–water partition coefficient (Wildman–Crippen LogP) is 2.28. The first-order valence-corrected chi connectivity index (χ1v) is 10.2. The Morgan fingerprint density at radius 2 is 2.03 bits per heavy atom. The van der Waals surface area contributed by atoms with E-state index in [2.05, 4.69) is 15.2 Å². The second kappa shape index (κ2) is 8.79. The zero-order chi connectivity index (χ0) is 22.0. The maximum Gasteiger partial charge on any atom is 0.293 e. The molecular formula is C23H27N5O3. The third-order valence-electron chi connectivity index (χ3n) is 5.56. The van der Waals surface area contributed by atoms with Crippen molar-refractivity contribution in [2.24, 2.45) is 7.05 Å². The van der Waals surface area contributed by atoms with E-state index in [4.69, 9.17) is 10.5 Å². The molecule has 1 unspecified atom stereocenters. The molecule has 1 saturated heterocycles. The van der Waals surface area contributed by atoms with Crippen molar-refractivity contribution in [2.75, 3.05) is 42.3 Å². The highest BCUT2D eigenvalue weighted by atomic mass is 16.5. The van der Waals surface area contributed by atoms with Gasteiger partial charge in [0.2, 0.25) is 0 Å². The van der Waals surface area contributed by atoms with Crippen LogP contribution < -0.4 is 21.5 Å². The van der Waals surface area contributed by atoms with Crippen LogP contribution in [0, 0.1) is 6.92 Å². The first-order valence-electron chi connectivity index (χ1n) is 10.2. The maximum absolute atomic E-state index is 12.7. The van der Waals surface area contributed by atoms with Crippen molar-refractivity contribution in [3.63, 3.8) is 0 Å². The largest absolute Gasteiger partial charge is 0.398 e. The van der Waals surface area contributed by atoms with Gasteiger partial charge in [-0.05, 0) is 42.8 Å². The third-order valence-corrected chi connectivity index (χ3v) is 5.56. The molecule has 0 bridgehead atoms. The van der Waals surface area contributed by atoms with E-state index >= 15 is 0 Å². The molecule has 8 nitrogen and oxygen atoms in total. The highest BCUT2D eigenvalue weighted by Gasteiger charge is 2.20. The molecule has 1 aromatic heterocycles. The van der Waals surface area contributed by atoms with Gasteiger partial charge in [-0.3, -0.25) is 4.79 Å². The van der Waals surface area contributed by atoms with Crippen molar-refractivity contribution >= 4 is 22.9 Å². The van der Waals surface area contributed by atoms with Crippen molar-refractivity contribution in [3.05, 3.63) is 64.6 Å². The monoisotopic (exact) mass is 421 g/mol. The number of nitrogens with one attached hydrogen (secondary N) is 1. The molecule has 4 N–H and O–H groups in total. The van der Waals surface area contributed by atoms with Gasteiger partial charge in [0, 0.05) is 49.0 Å². The van der Waals surface area contributed by atoms with Crippen molar-refractivity contribution in [2.45, 2.75) is 13.0 Å². The van der Waals surface area contributed by atoms with Gasteiger partial charge in [0.15, 0.2) is 5.82 Å². The summed E-state index contributed by atoms with van der Waals surface area (Å²) in [6, 6.07) is 13.5. The zero-order valence-corrected chi connectivity index (χ0v) is 17.7. The summed E-state index contributed by atoms with van der Waals surface area (Å²) in [5.74, 6) is 0.251. The summed E-state index contributed by atoms with van der Waals surface area (Å²) in [4.78, 5) is 19.4. The zero-order valence-electron chi connectivity index (χ0n) is 17.7. The molecule has 8 heteroatoms. The Balaban J connectivity index is 1.58. The lowest BCUT2D eigenvalue weighted by molar-refractivity contribution is 0.00357. The standard InChI is InChI=1S/C23H27N5O3/c1-15-19(4-3-5-20(15)24)21-13-27(2)23(30)22(26-21)25-16-6-8-17(9-7-16)28-10-11-31-18(12-28)14-29/h3-9,13,18,29H,10-12,14,24H2,1-2H3,(H,25,26). The molecule has 0 radical (unpaired) electrons. The SMILES string of the molecule is Cc1c(N)cccc1-c1cn(C)c(=O)c(Nc2ccc(N3CCOC(CO)C3)cc2)n1. The number of morpholine rings is 1. The number of nitrogens with zero attached hydrogens (tertiary/aromatic N) is 3. The Labute approximate surface area is 180 Å². The Morgan fingerprint density at radius 3 is 2.77 bits per heavy atom. The molecule has 0 aliphatic carbocycles. The lowest BCUT2D eigenvalue weighted by Crippen LogP contribution is -2.44. The molecule has 1 aliphatic heterocycles. The molecule has 4 rings (SSSR count). The van der Waals surface area contributed by atoms with Gasteiger partial charge in [0.1, 0.15) is 0 Å². The van der Waals surface area contributed by atoms with Crippen LogP contribution in [0.2, 0.25) is 0 Å². The van der Waals surface area contributed by atoms with Crippen LogP contribution in [0.3, 0.4) is 0 Å². The molecule has 0 amide bonds. The molecule has 0 spiro atoms. The van der Waals surface area contributed by atoms with Crippen LogP contribution in [0.25, 0.3) is 11.3 Å². The average Bonchev–Trinajstić information content (AvgIpc) is 2.79. The lowest BCUT2D eigenvalue weighted by atomic mass is 10.0. The summed E-state index contributed by atoms with van der Waals surface area (Å²) < 4.78 is 7.03. The molecular weight excluding hydrogens is 394 g/mol. The summed E-state index contributed by atoms with van der Waals surface area (Å²) in [6.45, 7) is 3.95. The topological polar surface area (TPSA) is 106 Å². The molecule has 31 heavy (non-hydrogen) atoms. The van der Waals surface area contributed by atoms with Crippen LogP contribution in [0.15, 0.2) is 53.5 Å². The fourth-order valence-corrected chi connectivity index (χ4v) is 3.71. The Morgan fingerprint density at radius 1 is 1.26 bits per heavy atom. The second-order valence-corrected chi connectivity index (χ2v) is 7.70. The molecule has 2 heterocycles. The fourth-order valence-electron chi connectivity index (χ4n) is 3.71. The minimum absolute atomic E-state index is 0.00792. The third kappa shape index (κ3) is 4.40. The van der Waals surface area contributed by atoms with Gasteiger partial charge in [-0.15, -0.1) is 0 Å². The summed E-state index contributed by atoms with van der Waals surface area (Å²) in [5, 5.41) is 12.5. The number of aliphatic hydroxyl groups is 1. The van der Waals surface area contributed by atoms with Crippen LogP contribution in [-0.2, 0) is 11.8 Å². The number of benzene rings is 2. The van der Waals surface area contributed by atoms with E-state index in [1.807, 2.05) is 49.4 Å². The molecule has 1 fully saturated rings. The minimum atomic E-state index is -0.214. The van der Waals surface area contributed by atoms with E-state index in [1.165, 1.54) is 4.57 Å². The average molecular weight is 422 g/mol. The first-order chi connectivity index (χ1) is 15.0. The quantitative estimate of drug-likeness (QED) is 0.543. The van der Waals surface area contributed by atoms with Crippen molar-refractivity contribution in [3.8, 4) is 11.3 Å². The molecule has 162 valence electrons. The Bertz CT molecular complexity index is 1130. The van der Waals surface area contributed by atoms with Crippen LogP contribution >= 0.6 is 0 Å². The molecule has 2 aromatic carbocycles. The van der Waals surface area contributed by atoms with E-state index in [0.29, 0.717) is 24.5 Å². The van der Waals surface area contributed by atoms with Crippen LogP contribution in [-0.4, -0.2) is 47.1 Å².